The number of nitrogens with zero attached hydrogens (tertiary/aromatic N) is 4. The monoisotopic (exact) mass is 289 g/mol. The molecule has 0 atom stereocenters. The van der Waals surface area contributed by atoms with Crippen molar-refractivity contribution in [1.82, 2.24) is 14.8 Å². The summed E-state index contributed by atoms with van der Waals surface area (Å²) in [7, 11) is 5.60. The molecule has 0 saturated carbocycles. The molecule has 7 nitrogen and oxygen atoms in total. The van der Waals surface area contributed by atoms with Gasteiger partial charge in [-0.2, -0.15) is 0 Å². The summed E-state index contributed by atoms with van der Waals surface area (Å²) in [5.41, 5.74) is 7.72. The van der Waals surface area contributed by atoms with Crippen LogP contribution >= 0.6 is 0 Å². The minimum Gasteiger partial charge on any atom is -0.454 e. The molecule has 21 heavy (non-hydrogen) atoms. The van der Waals surface area contributed by atoms with Crippen molar-refractivity contribution in [2.75, 3.05) is 24.7 Å². The molecule has 0 fully saturated rings. The zero-order chi connectivity index (χ0) is 15.6. The quantitative estimate of drug-likeness (QED) is 0.670. The highest BCUT2D eigenvalue weighted by molar-refractivity contribution is 5.92. The minimum absolute atomic E-state index is 0.0749. The Morgan fingerprint density at radius 2 is 2.10 bits per heavy atom. The molecule has 1 heterocycles. The Bertz CT molecular complexity index is 663. The summed E-state index contributed by atoms with van der Waals surface area (Å²) in [6.07, 6.45) is 0. The molecule has 1 aromatic heterocycles. The van der Waals surface area contributed by atoms with Gasteiger partial charge in [0.25, 0.3) is 0 Å². The van der Waals surface area contributed by atoms with Crippen LogP contribution in [0.15, 0.2) is 18.2 Å². The van der Waals surface area contributed by atoms with E-state index in [1.165, 1.54) is 0 Å². The van der Waals surface area contributed by atoms with E-state index >= 15 is 0 Å². The molecule has 112 valence electrons. The Labute approximate surface area is 123 Å². The number of hydrogen-bond donors (Lipinski definition) is 1. The molecule has 0 spiro atoms. The van der Waals surface area contributed by atoms with Gasteiger partial charge in [-0.3, -0.25) is 0 Å². The van der Waals surface area contributed by atoms with Crippen molar-refractivity contribution < 1.29 is 9.53 Å². The molecule has 0 aliphatic heterocycles. The number of ether oxygens (including phenoxy) is 1. The first-order valence-corrected chi connectivity index (χ1v) is 6.49. The second-order valence-corrected chi connectivity index (χ2v) is 4.97. The van der Waals surface area contributed by atoms with Crippen molar-refractivity contribution in [1.29, 1.82) is 0 Å². The Kier molecular flexibility index (Phi) is 4.11. The van der Waals surface area contributed by atoms with E-state index in [2.05, 4.69) is 10.2 Å². The van der Waals surface area contributed by atoms with Crippen molar-refractivity contribution >= 4 is 17.3 Å². The van der Waals surface area contributed by atoms with E-state index < -0.39 is 5.97 Å². The molecule has 0 radical (unpaired) electrons. The maximum absolute atomic E-state index is 12.0. The molecule has 7 heteroatoms. The lowest BCUT2D eigenvalue weighted by atomic mass is 10.1. The van der Waals surface area contributed by atoms with E-state index in [0.29, 0.717) is 17.1 Å². The van der Waals surface area contributed by atoms with Crippen molar-refractivity contribution in [2.24, 2.45) is 7.05 Å². The molecule has 0 amide bonds. The van der Waals surface area contributed by atoms with Crippen LogP contribution in [0.5, 0.6) is 0 Å². The van der Waals surface area contributed by atoms with Gasteiger partial charge in [0.15, 0.2) is 12.4 Å². The third kappa shape index (κ3) is 3.13. The maximum atomic E-state index is 12.0. The number of hydrogen-bond acceptors (Lipinski definition) is 6. The molecule has 0 aliphatic carbocycles. The number of nitrogen functional groups attached to an aromatic ring is 1. The second kappa shape index (κ2) is 5.82. The van der Waals surface area contributed by atoms with Crippen LogP contribution in [0.1, 0.15) is 22.0 Å². The number of carbonyl (C=O) groups excluding carboxylic acids is 1. The highest BCUT2D eigenvalue weighted by Gasteiger charge is 2.13. The van der Waals surface area contributed by atoms with Crippen LogP contribution < -0.4 is 10.6 Å². The fourth-order valence-corrected chi connectivity index (χ4v) is 1.88. The summed E-state index contributed by atoms with van der Waals surface area (Å²) in [6, 6.07) is 5.09. The highest BCUT2D eigenvalue weighted by Crippen LogP contribution is 2.22. The molecular weight excluding hydrogens is 270 g/mol. The van der Waals surface area contributed by atoms with E-state index in [0.717, 1.165) is 11.5 Å². The van der Waals surface area contributed by atoms with Gasteiger partial charge in [0.2, 0.25) is 0 Å². The number of anilines is 2. The van der Waals surface area contributed by atoms with Crippen LogP contribution in [0.25, 0.3) is 0 Å². The third-order valence-electron chi connectivity index (χ3n) is 3.26. The van der Waals surface area contributed by atoms with Gasteiger partial charge in [-0.15, -0.1) is 10.2 Å². The summed E-state index contributed by atoms with van der Waals surface area (Å²) in [6.45, 7) is 1.91. The Hall–Kier alpha value is -2.57. The fraction of sp³-hybridized carbons (Fsp3) is 0.357. The van der Waals surface area contributed by atoms with Crippen LogP contribution in [0.3, 0.4) is 0 Å². The molecule has 2 rings (SSSR count). The lowest BCUT2D eigenvalue weighted by Crippen LogP contribution is -2.13. The summed E-state index contributed by atoms with van der Waals surface area (Å²) in [5.74, 6) is 0.923. The van der Waals surface area contributed by atoms with Crippen molar-refractivity contribution in [3.63, 3.8) is 0 Å². The normalized spacial score (nSPS) is 10.5. The number of esters is 1. The first-order valence-electron chi connectivity index (χ1n) is 6.49. The number of aryl methyl sites for hydroxylation is 1. The molecule has 0 aliphatic rings. The minimum atomic E-state index is -0.437. The Morgan fingerprint density at radius 1 is 1.38 bits per heavy atom. The molecule has 2 N–H and O–H groups in total. The van der Waals surface area contributed by atoms with Gasteiger partial charge in [-0.25, -0.2) is 4.79 Å². The van der Waals surface area contributed by atoms with Crippen LogP contribution in [0.4, 0.5) is 11.4 Å². The lowest BCUT2D eigenvalue weighted by Gasteiger charge is -2.15. The van der Waals surface area contributed by atoms with E-state index in [9.17, 15) is 4.79 Å². The number of aromatic nitrogens is 3. The van der Waals surface area contributed by atoms with Gasteiger partial charge in [-0.05, 0) is 25.1 Å². The van der Waals surface area contributed by atoms with Gasteiger partial charge < -0.3 is 19.9 Å². The first-order chi connectivity index (χ1) is 9.90. The smallest absolute Gasteiger partial charge is 0.338 e. The predicted molar refractivity (Wildman–Crippen MR) is 80.0 cm³/mol. The van der Waals surface area contributed by atoms with Gasteiger partial charge in [0.1, 0.15) is 5.82 Å². The predicted octanol–water partition coefficient (Wildman–Crippen LogP) is 1.13. The molecule has 0 saturated heterocycles. The fourth-order valence-electron chi connectivity index (χ4n) is 1.88. The first kappa shape index (κ1) is 14.8. The molecule has 2 aromatic rings. The maximum Gasteiger partial charge on any atom is 0.338 e. The molecular formula is C14H19N5O2. The highest BCUT2D eigenvalue weighted by atomic mass is 16.5. The van der Waals surface area contributed by atoms with Crippen LogP contribution in [-0.4, -0.2) is 34.8 Å². The molecule has 0 bridgehead atoms. The summed E-state index contributed by atoms with van der Waals surface area (Å²) >= 11 is 0. The topological polar surface area (TPSA) is 86.3 Å². The lowest BCUT2D eigenvalue weighted by molar-refractivity contribution is 0.0458. The van der Waals surface area contributed by atoms with Crippen molar-refractivity contribution in [2.45, 2.75) is 13.5 Å². The average molecular weight is 289 g/mol. The van der Waals surface area contributed by atoms with Crippen LogP contribution in [0, 0.1) is 6.92 Å². The average Bonchev–Trinajstić information content (AvgIpc) is 2.75. The zero-order valence-corrected chi connectivity index (χ0v) is 12.6. The Morgan fingerprint density at radius 3 is 2.62 bits per heavy atom. The van der Waals surface area contributed by atoms with E-state index in [4.69, 9.17) is 10.5 Å². The van der Waals surface area contributed by atoms with Gasteiger partial charge >= 0.3 is 5.97 Å². The second-order valence-electron chi connectivity index (χ2n) is 4.97. The standard InChI is InChI=1S/C14H19N5O2/c1-9-16-17-13(19(9)4)8-21-14(20)10-5-6-12(18(2)3)11(15)7-10/h5-7H,8,15H2,1-4H3. The van der Waals surface area contributed by atoms with Crippen LogP contribution in [-0.2, 0) is 18.4 Å². The number of nitrogens with two attached hydrogens (primary N) is 1. The number of benzene rings is 1. The van der Waals surface area contributed by atoms with Crippen molar-refractivity contribution in [3.8, 4) is 0 Å². The summed E-state index contributed by atoms with van der Waals surface area (Å²) < 4.78 is 7.01. The van der Waals surface area contributed by atoms with Gasteiger partial charge in [0.05, 0.1) is 16.9 Å². The SMILES string of the molecule is Cc1nnc(COC(=O)c2ccc(N(C)C)c(N)c2)n1C. The zero-order valence-electron chi connectivity index (χ0n) is 12.6. The van der Waals surface area contributed by atoms with E-state index in [1.54, 1.807) is 22.8 Å². The molecule has 0 unspecified atom stereocenters. The number of carbonyl (C=O) groups is 1. The largest absolute Gasteiger partial charge is 0.454 e. The van der Waals surface area contributed by atoms with Crippen molar-refractivity contribution in [3.05, 3.63) is 35.4 Å². The van der Waals surface area contributed by atoms with Gasteiger partial charge in [-0.1, -0.05) is 0 Å². The van der Waals surface area contributed by atoms with Crippen LogP contribution in [0.2, 0.25) is 0 Å². The van der Waals surface area contributed by atoms with E-state index in [1.807, 2.05) is 33.0 Å². The summed E-state index contributed by atoms with van der Waals surface area (Å²) in [4.78, 5) is 13.9. The summed E-state index contributed by atoms with van der Waals surface area (Å²) in [5, 5.41) is 7.85. The molecule has 1 aromatic carbocycles. The number of rotatable bonds is 4. The van der Waals surface area contributed by atoms with E-state index in [-0.39, 0.29) is 6.61 Å². The third-order valence-corrected chi connectivity index (χ3v) is 3.26. The van der Waals surface area contributed by atoms with Gasteiger partial charge in [0, 0.05) is 21.1 Å². The Balaban J connectivity index is 2.07.